The average Bonchev–Trinajstić information content (AvgIpc) is 2.37. The van der Waals surface area contributed by atoms with E-state index in [-0.39, 0.29) is 17.9 Å². The molecule has 1 aliphatic rings. The molecular formula is C13H20N2O3. The molecule has 100 valence electrons. The summed E-state index contributed by atoms with van der Waals surface area (Å²) in [4.78, 5) is 24.7. The van der Waals surface area contributed by atoms with Gasteiger partial charge in [-0.3, -0.25) is 9.59 Å². The molecule has 1 amide bonds. The monoisotopic (exact) mass is 252 g/mol. The van der Waals surface area contributed by atoms with E-state index in [4.69, 9.17) is 10.4 Å². The largest absolute Gasteiger partial charge is 0.481 e. The van der Waals surface area contributed by atoms with Crippen molar-refractivity contribution in [1.29, 1.82) is 5.26 Å². The van der Waals surface area contributed by atoms with Crippen LogP contribution in [0.3, 0.4) is 0 Å². The summed E-state index contributed by atoms with van der Waals surface area (Å²) in [5.41, 5.74) is 0. The van der Waals surface area contributed by atoms with E-state index in [9.17, 15) is 9.59 Å². The Kier molecular flexibility index (Phi) is 5.14. The maximum atomic E-state index is 12.2. The van der Waals surface area contributed by atoms with Crippen molar-refractivity contribution in [2.24, 2.45) is 11.8 Å². The molecule has 5 nitrogen and oxygen atoms in total. The standard InChI is InChI=1S/C13H20N2O3/c1-9(6-7-14)15(2)12(16)10-4-3-5-11(8-10)13(17)18/h9-11H,3-6,8H2,1-2H3,(H,17,18). The molecule has 1 aliphatic carbocycles. The van der Waals surface area contributed by atoms with Crippen LogP contribution in [0.4, 0.5) is 0 Å². The molecule has 0 aromatic rings. The van der Waals surface area contributed by atoms with Gasteiger partial charge in [-0.25, -0.2) is 0 Å². The quantitative estimate of drug-likeness (QED) is 0.824. The zero-order chi connectivity index (χ0) is 13.7. The first-order valence-electron chi connectivity index (χ1n) is 6.33. The van der Waals surface area contributed by atoms with Crippen molar-refractivity contribution in [3.63, 3.8) is 0 Å². The van der Waals surface area contributed by atoms with Crippen LogP contribution < -0.4 is 0 Å². The van der Waals surface area contributed by atoms with Gasteiger partial charge in [-0.05, 0) is 26.2 Å². The summed E-state index contributed by atoms with van der Waals surface area (Å²) in [5, 5.41) is 17.6. The van der Waals surface area contributed by atoms with Gasteiger partial charge >= 0.3 is 5.97 Å². The fourth-order valence-electron chi connectivity index (χ4n) is 2.41. The van der Waals surface area contributed by atoms with Gasteiger partial charge in [-0.1, -0.05) is 6.42 Å². The van der Waals surface area contributed by atoms with Gasteiger partial charge in [0.1, 0.15) is 0 Å². The average molecular weight is 252 g/mol. The summed E-state index contributed by atoms with van der Waals surface area (Å²) < 4.78 is 0. The highest BCUT2D eigenvalue weighted by Gasteiger charge is 2.33. The number of aliphatic carboxylic acids is 1. The second-order valence-electron chi connectivity index (χ2n) is 5.06. The van der Waals surface area contributed by atoms with Crippen molar-refractivity contribution in [1.82, 2.24) is 4.90 Å². The number of carbonyl (C=O) groups is 2. The van der Waals surface area contributed by atoms with Gasteiger partial charge in [-0.15, -0.1) is 0 Å². The summed E-state index contributed by atoms with van der Waals surface area (Å²) in [5.74, 6) is -1.43. The zero-order valence-corrected chi connectivity index (χ0v) is 10.9. The molecule has 3 unspecified atom stereocenters. The second-order valence-corrected chi connectivity index (χ2v) is 5.06. The molecule has 1 N–H and O–H groups in total. The van der Waals surface area contributed by atoms with Crippen molar-refractivity contribution in [3.8, 4) is 6.07 Å². The van der Waals surface area contributed by atoms with E-state index in [1.54, 1.807) is 11.9 Å². The van der Waals surface area contributed by atoms with Crippen molar-refractivity contribution in [3.05, 3.63) is 0 Å². The Morgan fingerprint density at radius 3 is 2.61 bits per heavy atom. The molecule has 0 aromatic carbocycles. The van der Waals surface area contributed by atoms with Crippen LogP contribution in [0.15, 0.2) is 0 Å². The highest BCUT2D eigenvalue weighted by atomic mass is 16.4. The molecule has 5 heteroatoms. The van der Waals surface area contributed by atoms with E-state index in [1.807, 2.05) is 13.0 Å². The highest BCUT2D eigenvalue weighted by Crippen LogP contribution is 2.30. The predicted molar refractivity (Wildman–Crippen MR) is 65.5 cm³/mol. The van der Waals surface area contributed by atoms with Crippen LogP contribution in [0.25, 0.3) is 0 Å². The minimum Gasteiger partial charge on any atom is -0.481 e. The lowest BCUT2D eigenvalue weighted by Crippen LogP contribution is -2.41. The Hall–Kier alpha value is -1.57. The van der Waals surface area contributed by atoms with Crippen molar-refractivity contribution >= 4 is 11.9 Å². The molecule has 1 saturated carbocycles. The van der Waals surface area contributed by atoms with Crippen molar-refractivity contribution < 1.29 is 14.7 Å². The normalized spacial score (nSPS) is 24.9. The lowest BCUT2D eigenvalue weighted by molar-refractivity contribution is -0.145. The van der Waals surface area contributed by atoms with Crippen molar-refractivity contribution in [2.45, 2.75) is 45.1 Å². The third-order valence-electron chi connectivity index (χ3n) is 3.77. The molecule has 18 heavy (non-hydrogen) atoms. The Morgan fingerprint density at radius 2 is 2.06 bits per heavy atom. The Balaban J connectivity index is 2.61. The van der Waals surface area contributed by atoms with E-state index in [0.717, 1.165) is 12.8 Å². The maximum Gasteiger partial charge on any atom is 0.306 e. The molecule has 0 radical (unpaired) electrons. The van der Waals surface area contributed by atoms with Gasteiger partial charge < -0.3 is 10.0 Å². The first kappa shape index (κ1) is 14.5. The molecule has 0 aromatic heterocycles. The summed E-state index contributed by atoms with van der Waals surface area (Å²) in [6.45, 7) is 1.83. The van der Waals surface area contributed by atoms with Gasteiger partial charge in [0.15, 0.2) is 0 Å². The minimum atomic E-state index is -0.805. The van der Waals surface area contributed by atoms with Crippen LogP contribution in [-0.4, -0.2) is 35.0 Å². The molecule has 0 aliphatic heterocycles. The molecular weight excluding hydrogens is 232 g/mol. The number of amides is 1. The number of hydrogen-bond acceptors (Lipinski definition) is 3. The first-order valence-corrected chi connectivity index (χ1v) is 6.33. The smallest absolute Gasteiger partial charge is 0.306 e. The van der Waals surface area contributed by atoms with Gasteiger partial charge in [0, 0.05) is 19.0 Å². The van der Waals surface area contributed by atoms with E-state index >= 15 is 0 Å². The van der Waals surface area contributed by atoms with Crippen LogP contribution in [-0.2, 0) is 9.59 Å². The SMILES string of the molecule is CC(CC#N)N(C)C(=O)C1CCCC(C(=O)O)C1. The maximum absolute atomic E-state index is 12.2. The fraction of sp³-hybridized carbons (Fsp3) is 0.769. The van der Waals surface area contributed by atoms with Crippen molar-refractivity contribution in [2.75, 3.05) is 7.05 Å². The molecule has 1 fully saturated rings. The lowest BCUT2D eigenvalue weighted by Gasteiger charge is -2.31. The van der Waals surface area contributed by atoms with E-state index in [0.29, 0.717) is 19.3 Å². The van der Waals surface area contributed by atoms with E-state index in [1.165, 1.54) is 0 Å². The molecule has 1 rings (SSSR count). The topological polar surface area (TPSA) is 81.4 Å². The second kappa shape index (κ2) is 6.39. The number of nitrogens with zero attached hydrogens (tertiary/aromatic N) is 2. The number of carbonyl (C=O) groups excluding carboxylic acids is 1. The zero-order valence-electron chi connectivity index (χ0n) is 10.9. The Morgan fingerprint density at radius 1 is 1.44 bits per heavy atom. The Labute approximate surface area is 107 Å². The van der Waals surface area contributed by atoms with Gasteiger partial charge in [0.2, 0.25) is 5.91 Å². The predicted octanol–water partition coefficient (Wildman–Crippen LogP) is 1.64. The fourth-order valence-corrected chi connectivity index (χ4v) is 2.41. The van der Waals surface area contributed by atoms with E-state index in [2.05, 4.69) is 0 Å². The summed E-state index contributed by atoms with van der Waals surface area (Å²) >= 11 is 0. The van der Waals surface area contributed by atoms with Gasteiger partial charge in [0.25, 0.3) is 0 Å². The number of carboxylic acids is 1. The van der Waals surface area contributed by atoms with Gasteiger partial charge in [0.05, 0.1) is 18.4 Å². The molecule has 0 heterocycles. The third kappa shape index (κ3) is 3.46. The minimum absolute atomic E-state index is 0.0244. The van der Waals surface area contributed by atoms with Gasteiger partial charge in [-0.2, -0.15) is 5.26 Å². The third-order valence-corrected chi connectivity index (χ3v) is 3.77. The number of nitriles is 1. The van der Waals surface area contributed by atoms with Crippen LogP contribution in [0, 0.1) is 23.2 Å². The summed E-state index contributed by atoms with van der Waals surface area (Å²) in [6.07, 6.45) is 2.94. The number of hydrogen-bond donors (Lipinski definition) is 1. The summed E-state index contributed by atoms with van der Waals surface area (Å²) in [7, 11) is 1.69. The molecule has 3 atom stereocenters. The van der Waals surface area contributed by atoms with Crippen LogP contribution in [0.1, 0.15) is 39.0 Å². The van der Waals surface area contributed by atoms with E-state index < -0.39 is 11.9 Å². The molecule has 0 spiro atoms. The Bertz CT molecular complexity index is 362. The lowest BCUT2D eigenvalue weighted by atomic mass is 9.80. The van der Waals surface area contributed by atoms with Crippen LogP contribution in [0.5, 0.6) is 0 Å². The molecule has 0 saturated heterocycles. The summed E-state index contributed by atoms with van der Waals surface area (Å²) in [6, 6.07) is 1.93. The number of carboxylic acid groups (broad SMARTS) is 1. The first-order chi connectivity index (χ1) is 8.47. The molecule has 0 bridgehead atoms. The van der Waals surface area contributed by atoms with Crippen LogP contribution >= 0.6 is 0 Å². The highest BCUT2D eigenvalue weighted by molar-refractivity contribution is 5.80. The van der Waals surface area contributed by atoms with Crippen LogP contribution in [0.2, 0.25) is 0 Å². The number of rotatable bonds is 4.